The van der Waals surface area contributed by atoms with Crippen molar-refractivity contribution in [2.45, 2.75) is 38.0 Å². The maximum absolute atomic E-state index is 13.3. The smallest absolute Gasteiger partial charge is 0.397 e. The summed E-state index contributed by atoms with van der Waals surface area (Å²) in [7, 11) is 0. The summed E-state index contributed by atoms with van der Waals surface area (Å²) in [4.78, 5) is 19.9. The van der Waals surface area contributed by atoms with Crippen molar-refractivity contribution in [3.8, 4) is 0 Å². The third-order valence-corrected chi connectivity index (χ3v) is 4.16. The van der Waals surface area contributed by atoms with Crippen molar-refractivity contribution in [1.82, 2.24) is 9.97 Å². The number of carbonyl (C=O) groups is 1. The molecule has 11 heteroatoms. The van der Waals surface area contributed by atoms with E-state index in [9.17, 15) is 31.1 Å². The predicted molar refractivity (Wildman–Crippen MR) is 89.1 cm³/mol. The normalized spacial score (nSPS) is 14.6. The summed E-state index contributed by atoms with van der Waals surface area (Å²) in [6, 6.07) is 1.25. The fourth-order valence-corrected chi connectivity index (χ4v) is 2.77. The maximum Gasteiger partial charge on any atom is 0.418 e. The second-order valence-electron chi connectivity index (χ2n) is 6.24. The van der Waals surface area contributed by atoms with Crippen molar-refractivity contribution in [3.05, 3.63) is 47.0 Å². The van der Waals surface area contributed by atoms with Crippen molar-refractivity contribution in [1.29, 1.82) is 0 Å². The lowest BCUT2D eigenvalue weighted by Gasteiger charge is -2.21. The molecule has 0 aliphatic carbocycles. The minimum absolute atomic E-state index is 0.261. The summed E-state index contributed by atoms with van der Waals surface area (Å²) in [6.07, 6.45) is -7.79. The molecule has 0 aliphatic rings. The zero-order chi connectivity index (χ0) is 21.4. The summed E-state index contributed by atoms with van der Waals surface area (Å²) in [5, 5.41) is 0. The Bertz CT molecular complexity index is 823. The molecule has 28 heavy (non-hydrogen) atoms. The van der Waals surface area contributed by atoms with Crippen molar-refractivity contribution >= 4 is 17.2 Å². The van der Waals surface area contributed by atoms with Crippen LogP contribution in [0.3, 0.4) is 0 Å². The Morgan fingerprint density at radius 1 is 0.821 bits per heavy atom. The van der Waals surface area contributed by atoms with E-state index in [0.717, 1.165) is 26.2 Å². The Labute approximate surface area is 155 Å². The van der Waals surface area contributed by atoms with Gasteiger partial charge in [0.1, 0.15) is 5.78 Å². The van der Waals surface area contributed by atoms with Gasteiger partial charge in [-0.15, -0.1) is 0 Å². The number of nitrogens with two attached hydrogens (primary N) is 2. The maximum atomic E-state index is 13.3. The third-order valence-electron chi connectivity index (χ3n) is 4.16. The van der Waals surface area contributed by atoms with Gasteiger partial charge in [-0.3, -0.25) is 14.8 Å². The van der Waals surface area contributed by atoms with Crippen LogP contribution in [0.1, 0.15) is 48.2 Å². The van der Waals surface area contributed by atoms with Gasteiger partial charge >= 0.3 is 12.4 Å². The largest absolute Gasteiger partial charge is 0.418 e. The molecular formula is C17H16F6N4O. The van der Waals surface area contributed by atoms with E-state index in [1.54, 1.807) is 0 Å². The van der Waals surface area contributed by atoms with Crippen LogP contribution in [0.5, 0.6) is 0 Å². The van der Waals surface area contributed by atoms with Crippen LogP contribution >= 0.6 is 0 Å². The lowest BCUT2D eigenvalue weighted by Crippen LogP contribution is -2.24. The summed E-state index contributed by atoms with van der Waals surface area (Å²) >= 11 is 0. The van der Waals surface area contributed by atoms with Crippen molar-refractivity contribution in [2.24, 2.45) is 0 Å². The van der Waals surface area contributed by atoms with Crippen LogP contribution in [0.2, 0.25) is 0 Å². The van der Waals surface area contributed by atoms with Gasteiger partial charge in [0.25, 0.3) is 0 Å². The molecule has 0 aromatic carbocycles. The van der Waals surface area contributed by atoms with Crippen LogP contribution in [0.15, 0.2) is 24.5 Å². The molecule has 0 spiro atoms. The lowest BCUT2D eigenvalue weighted by molar-refractivity contribution is -0.139. The van der Waals surface area contributed by atoms with Gasteiger partial charge in [0.05, 0.1) is 58.1 Å². The Hall–Kier alpha value is -2.85. The number of nitrogens with zero attached hydrogens (tertiary/aromatic N) is 2. The van der Waals surface area contributed by atoms with Gasteiger partial charge in [-0.1, -0.05) is 0 Å². The summed E-state index contributed by atoms with van der Waals surface area (Å²) < 4.78 is 79.6. The quantitative estimate of drug-likeness (QED) is 0.744. The molecule has 2 aromatic rings. The van der Waals surface area contributed by atoms with E-state index in [1.165, 1.54) is 0 Å². The van der Waals surface area contributed by atoms with E-state index in [2.05, 4.69) is 9.97 Å². The molecule has 2 rings (SSSR count). The van der Waals surface area contributed by atoms with Gasteiger partial charge in [0, 0.05) is 0 Å². The van der Waals surface area contributed by atoms with Crippen LogP contribution in [0, 0.1) is 0 Å². The molecular weight excluding hydrogens is 390 g/mol. The standard InChI is InChI=1S/C17H16F6N4O/c1-7(13-11(16(18,19)20)3-9(24)5-26-13)15(28)8(2)14-12(17(21,22)23)4-10(25)6-27-14/h3-8H,24-25H2,1-2H3. The van der Waals surface area contributed by atoms with E-state index in [1.807, 2.05) is 0 Å². The molecule has 0 bridgehead atoms. The zero-order valence-corrected chi connectivity index (χ0v) is 14.7. The minimum atomic E-state index is -4.84. The van der Waals surface area contributed by atoms with E-state index in [4.69, 9.17) is 11.5 Å². The van der Waals surface area contributed by atoms with E-state index in [0.29, 0.717) is 12.1 Å². The first kappa shape index (κ1) is 21.5. The highest BCUT2D eigenvalue weighted by Crippen LogP contribution is 2.39. The van der Waals surface area contributed by atoms with Gasteiger partial charge in [0.15, 0.2) is 0 Å². The fraction of sp³-hybridized carbons (Fsp3) is 0.353. The highest BCUT2D eigenvalue weighted by Gasteiger charge is 2.40. The molecule has 152 valence electrons. The Morgan fingerprint density at radius 2 is 1.14 bits per heavy atom. The van der Waals surface area contributed by atoms with E-state index < -0.39 is 52.5 Å². The van der Waals surface area contributed by atoms with Gasteiger partial charge in [-0.2, -0.15) is 26.3 Å². The molecule has 0 radical (unpaired) electrons. The molecule has 0 saturated heterocycles. The van der Waals surface area contributed by atoms with Gasteiger partial charge in [-0.25, -0.2) is 0 Å². The second-order valence-corrected chi connectivity index (χ2v) is 6.24. The van der Waals surface area contributed by atoms with E-state index in [-0.39, 0.29) is 11.4 Å². The first-order chi connectivity index (χ1) is 12.7. The molecule has 2 atom stereocenters. The molecule has 0 amide bonds. The number of pyridine rings is 2. The number of rotatable bonds is 4. The van der Waals surface area contributed by atoms with Crippen LogP contribution in [-0.4, -0.2) is 15.8 Å². The first-order valence-corrected chi connectivity index (χ1v) is 7.92. The number of ketones is 1. The number of alkyl halides is 6. The number of nitrogen functional groups attached to an aromatic ring is 2. The molecule has 4 N–H and O–H groups in total. The molecule has 0 fully saturated rings. The monoisotopic (exact) mass is 406 g/mol. The first-order valence-electron chi connectivity index (χ1n) is 7.92. The van der Waals surface area contributed by atoms with Gasteiger partial charge in [-0.05, 0) is 26.0 Å². The molecule has 5 nitrogen and oxygen atoms in total. The number of hydrogen-bond donors (Lipinski definition) is 2. The van der Waals surface area contributed by atoms with Crippen molar-refractivity contribution < 1.29 is 31.1 Å². The average molecular weight is 406 g/mol. The Balaban J connectivity index is 2.48. The Kier molecular flexibility index (Phi) is 5.58. The highest BCUT2D eigenvalue weighted by molar-refractivity contribution is 5.91. The number of anilines is 2. The molecule has 0 aliphatic heterocycles. The molecule has 2 unspecified atom stereocenters. The topological polar surface area (TPSA) is 94.9 Å². The third kappa shape index (κ3) is 4.34. The summed E-state index contributed by atoms with van der Waals surface area (Å²) in [5.41, 5.74) is 6.47. The SMILES string of the molecule is CC(C(=O)C(C)c1ncc(N)cc1C(F)(F)F)c1ncc(N)cc1C(F)(F)F. The fourth-order valence-electron chi connectivity index (χ4n) is 2.77. The van der Waals surface area contributed by atoms with Gasteiger partial charge < -0.3 is 11.5 Å². The summed E-state index contributed by atoms with van der Waals surface area (Å²) in [5.74, 6) is -3.81. The number of hydrogen-bond acceptors (Lipinski definition) is 5. The molecule has 2 heterocycles. The molecule has 0 saturated carbocycles. The number of aromatic nitrogens is 2. The summed E-state index contributed by atoms with van der Waals surface area (Å²) in [6.45, 7) is 2.27. The van der Waals surface area contributed by atoms with Crippen molar-refractivity contribution in [2.75, 3.05) is 11.5 Å². The predicted octanol–water partition coefficient (Wildman–Crippen LogP) is 4.15. The van der Waals surface area contributed by atoms with Crippen LogP contribution in [0.4, 0.5) is 37.7 Å². The second kappa shape index (κ2) is 7.28. The van der Waals surface area contributed by atoms with Crippen molar-refractivity contribution in [3.63, 3.8) is 0 Å². The number of halogens is 6. The van der Waals surface area contributed by atoms with Crippen LogP contribution in [-0.2, 0) is 17.1 Å². The molecule has 2 aromatic heterocycles. The zero-order valence-electron chi connectivity index (χ0n) is 14.7. The van der Waals surface area contributed by atoms with Crippen LogP contribution < -0.4 is 11.5 Å². The highest BCUT2D eigenvalue weighted by atomic mass is 19.4. The Morgan fingerprint density at radius 3 is 1.43 bits per heavy atom. The average Bonchev–Trinajstić information content (AvgIpc) is 2.58. The minimum Gasteiger partial charge on any atom is -0.397 e. The number of carbonyl (C=O) groups excluding carboxylic acids is 1. The van der Waals surface area contributed by atoms with E-state index >= 15 is 0 Å². The van der Waals surface area contributed by atoms with Crippen LogP contribution in [0.25, 0.3) is 0 Å². The number of Topliss-reactive ketones (excluding diaryl/α,β-unsaturated/α-hetero) is 1. The van der Waals surface area contributed by atoms with Gasteiger partial charge in [0.2, 0.25) is 0 Å². The lowest BCUT2D eigenvalue weighted by atomic mass is 9.86.